The summed E-state index contributed by atoms with van der Waals surface area (Å²) in [6.07, 6.45) is 0. The SMILES string of the molecule is CC(=O)c1ccc(-c2ccc(NC(=O)COCCOCC(=O)NCCN(C)C(C)C)cc2)cc1. The molecule has 0 aliphatic carbocycles. The highest BCUT2D eigenvalue weighted by atomic mass is 16.5. The number of likely N-dealkylation sites (N-methyl/N-ethyl adjacent to an activating group) is 1. The first-order chi connectivity index (χ1) is 16.3. The van der Waals surface area contributed by atoms with Gasteiger partial charge in [0.15, 0.2) is 5.78 Å². The molecule has 8 nitrogen and oxygen atoms in total. The molecule has 34 heavy (non-hydrogen) atoms. The number of rotatable bonds is 14. The van der Waals surface area contributed by atoms with E-state index >= 15 is 0 Å². The molecule has 0 aromatic heterocycles. The van der Waals surface area contributed by atoms with Gasteiger partial charge >= 0.3 is 0 Å². The predicted octanol–water partition coefficient (Wildman–Crippen LogP) is 2.98. The molecule has 0 unspecified atom stereocenters. The summed E-state index contributed by atoms with van der Waals surface area (Å²) in [5, 5.41) is 5.58. The molecule has 0 aliphatic heterocycles. The van der Waals surface area contributed by atoms with Crippen LogP contribution in [-0.2, 0) is 19.1 Å². The number of carbonyl (C=O) groups excluding carboxylic acids is 3. The highest BCUT2D eigenvalue weighted by molar-refractivity contribution is 5.94. The molecule has 0 saturated heterocycles. The second-order valence-corrected chi connectivity index (χ2v) is 8.29. The number of nitrogens with one attached hydrogen (secondary N) is 2. The van der Waals surface area contributed by atoms with Crippen molar-refractivity contribution in [1.82, 2.24) is 10.2 Å². The van der Waals surface area contributed by atoms with Crippen molar-refractivity contribution in [2.45, 2.75) is 26.8 Å². The van der Waals surface area contributed by atoms with Crippen molar-refractivity contribution in [2.24, 2.45) is 0 Å². The van der Waals surface area contributed by atoms with E-state index in [4.69, 9.17) is 9.47 Å². The molecule has 2 N–H and O–H groups in total. The number of nitrogens with zero attached hydrogens (tertiary/aromatic N) is 1. The lowest BCUT2D eigenvalue weighted by Crippen LogP contribution is -2.37. The average molecular weight is 470 g/mol. The Bertz CT molecular complexity index is 926. The third-order valence-corrected chi connectivity index (χ3v) is 5.30. The van der Waals surface area contributed by atoms with Crippen molar-refractivity contribution in [3.63, 3.8) is 0 Å². The van der Waals surface area contributed by atoms with E-state index in [1.54, 1.807) is 12.1 Å². The smallest absolute Gasteiger partial charge is 0.250 e. The van der Waals surface area contributed by atoms with E-state index in [0.29, 0.717) is 23.8 Å². The van der Waals surface area contributed by atoms with Crippen LogP contribution in [-0.4, -0.2) is 75.1 Å². The zero-order valence-electron chi connectivity index (χ0n) is 20.4. The standard InChI is InChI=1S/C26H35N3O5/c1-19(2)29(4)14-13-27-25(31)17-33-15-16-34-18-26(32)28-24-11-9-23(10-12-24)22-7-5-21(6-8-22)20(3)30/h5-12,19H,13-18H2,1-4H3,(H,27,31)(H,28,32). The van der Waals surface area contributed by atoms with Crippen LogP contribution in [0.4, 0.5) is 5.69 Å². The third-order valence-electron chi connectivity index (χ3n) is 5.30. The molecule has 2 amide bonds. The molecule has 0 bridgehead atoms. The van der Waals surface area contributed by atoms with Gasteiger partial charge < -0.3 is 25.0 Å². The van der Waals surface area contributed by atoms with Crippen molar-refractivity contribution < 1.29 is 23.9 Å². The third kappa shape index (κ3) is 9.82. The van der Waals surface area contributed by atoms with Gasteiger partial charge in [0.2, 0.25) is 11.8 Å². The molecule has 184 valence electrons. The Morgan fingerprint density at radius 2 is 1.38 bits per heavy atom. The maximum atomic E-state index is 12.1. The molecule has 0 spiro atoms. The number of hydrogen-bond donors (Lipinski definition) is 2. The monoisotopic (exact) mass is 469 g/mol. The zero-order chi connectivity index (χ0) is 24.9. The lowest BCUT2D eigenvalue weighted by atomic mass is 10.0. The first-order valence-electron chi connectivity index (χ1n) is 11.4. The summed E-state index contributed by atoms with van der Waals surface area (Å²) < 4.78 is 10.6. The number of hydrogen-bond acceptors (Lipinski definition) is 6. The lowest BCUT2D eigenvalue weighted by Gasteiger charge is -2.20. The molecular weight excluding hydrogens is 434 g/mol. The van der Waals surface area contributed by atoms with Gasteiger partial charge in [0.05, 0.1) is 13.2 Å². The number of carbonyl (C=O) groups is 3. The minimum absolute atomic E-state index is 0.0320. The number of Topliss-reactive ketones (excluding diaryl/α,β-unsaturated/α-hetero) is 1. The number of anilines is 1. The molecular formula is C26H35N3O5. The van der Waals surface area contributed by atoms with Gasteiger partial charge in [-0.15, -0.1) is 0 Å². The van der Waals surface area contributed by atoms with E-state index in [-0.39, 0.29) is 44.0 Å². The Balaban J connectivity index is 1.60. The highest BCUT2D eigenvalue weighted by Crippen LogP contribution is 2.22. The van der Waals surface area contributed by atoms with Crippen LogP contribution in [0.15, 0.2) is 48.5 Å². The molecule has 0 aliphatic rings. The zero-order valence-corrected chi connectivity index (χ0v) is 20.4. The Morgan fingerprint density at radius 3 is 1.91 bits per heavy atom. The number of benzene rings is 2. The van der Waals surface area contributed by atoms with Gasteiger partial charge in [0.25, 0.3) is 0 Å². The fourth-order valence-corrected chi connectivity index (χ4v) is 2.97. The van der Waals surface area contributed by atoms with Crippen LogP contribution in [0, 0.1) is 0 Å². The van der Waals surface area contributed by atoms with E-state index in [1.807, 2.05) is 43.4 Å². The summed E-state index contributed by atoms with van der Waals surface area (Å²) in [4.78, 5) is 37.3. The second-order valence-electron chi connectivity index (χ2n) is 8.29. The molecule has 0 saturated carbocycles. The summed E-state index contributed by atoms with van der Waals surface area (Å²) in [5.41, 5.74) is 3.31. The first kappa shape index (κ1) is 27.2. The van der Waals surface area contributed by atoms with E-state index < -0.39 is 0 Å². The normalized spacial score (nSPS) is 11.0. The van der Waals surface area contributed by atoms with Crippen molar-refractivity contribution in [1.29, 1.82) is 0 Å². The maximum absolute atomic E-state index is 12.1. The fourth-order valence-electron chi connectivity index (χ4n) is 2.97. The van der Waals surface area contributed by atoms with E-state index in [2.05, 4.69) is 29.4 Å². The van der Waals surface area contributed by atoms with Crippen molar-refractivity contribution >= 4 is 23.3 Å². The molecule has 0 atom stereocenters. The predicted molar refractivity (Wildman–Crippen MR) is 133 cm³/mol. The van der Waals surface area contributed by atoms with Crippen LogP contribution in [0.5, 0.6) is 0 Å². The summed E-state index contributed by atoms with van der Waals surface area (Å²) in [5.74, 6) is -0.414. The number of ketones is 1. The van der Waals surface area contributed by atoms with Gasteiger partial charge in [0, 0.05) is 30.4 Å². The summed E-state index contributed by atoms with van der Waals surface area (Å²) in [7, 11) is 2.01. The Hall–Kier alpha value is -3.07. The largest absolute Gasteiger partial charge is 0.369 e. The van der Waals surface area contributed by atoms with E-state index in [1.165, 1.54) is 6.92 Å². The average Bonchev–Trinajstić information content (AvgIpc) is 2.81. The van der Waals surface area contributed by atoms with Gasteiger partial charge in [0.1, 0.15) is 13.2 Å². The number of ether oxygens (including phenoxy) is 2. The lowest BCUT2D eigenvalue weighted by molar-refractivity contribution is -0.127. The topological polar surface area (TPSA) is 97.0 Å². The summed E-state index contributed by atoms with van der Waals surface area (Å²) in [6, 6.07) is 15.3. The Morgan fingerprint density at radius 1 is 0.853 bits per heavy atom. The molecule has 2 aromatic carbocycles. The molecule has 2 rings (SSSR count). The van der Waals surface area contributed by atoms with Crippen molar-refractivity contribution in [3.8, 4) is 11.1 Å². The molecule has 0 heterocycles. The van der Waals surface area contributed by atoms with Crippen molar-refractivity contribution in [2.75, 3.05) is 51.9 Å². The minimum Gasteiger partial charge on any atom is -0.369 e. The van der Waals surface area contributed by atoms with Crippen LogP contribution in [0.1, 0.15) is 31.1 Å². The van der Waals surface area contributed by atoms with Crippen LogP contribution >= 0.6 is 0 Å². The molecule has 2 aromatic rings. The highest BCUT2D eigenvalue weighted by Gasteiger charge is 2.07. The quantitative estimate of drug-likeness (QED) is 0.326. The van der Waals surface area contributed by atoms with Crippen LogP contribution in [0.25, 0.3) is 11.1 Å². The molecule has 8 heteroatoms. The summed E-state index contributed by atoms with van der Waals surface area (Å²) >= 11 is 0. The van der Waals surface area contributed by atoms with Gasteiger partial charge in [-0.25, -0.2) is 0 Å². The summed E-state index contributed by atoms with van der Waals surface area (Å²) in [6.45, 7) is 7.38. The van der Waals surface area contributed by atoms with Gasteiger partial charge in [-0.05, 0) is 51.1 Å². The van der Waals surface area contributed by atoms with Gasteiger partial charge in [-0.3, -0.25) is 14.4 Å². The van der Waals surface area contributed by atoms with Gasteiger partial charge in [-0.2, -0.15) is 0 Å². The van der Waals surface area contributed by atoms with Gasteiger partial charge in [-0.1, -0.05) is 36.4 Å². The molecule has 0 radical (unpaired) electrons. The van der Waals surface area contributed by atoms with Crippen LogP contribution in [0.3, 0.4) is 0 Å². The van der Waals surface area contributed by atoms with E-state index in [0.717, 1.165) is 17.7 Å². The van der Waals surface area contributed by atoms with Crippen LogP contribution in [0.2, 0.25) is 0 Å². The van der Waals surface area contributed by atoms with E-state index in [9.17, 15) is 14.4 Å². The maximum Gasteiger partial charge on any atom is 0.250 e. The molecule has 0 fully saturated rings. The fraction of sp³-hybridized carbons (Fsp3) is 0.423. The Labute approximate surface area is 201 Å². The van der Waals surface area contributed by atoms with Crippen LogP contribution < -0.4 is 10.6 Å². The Kier molecular flexibility index (Phi) is 11.4. The minimum atomic E-state index is -0.273. The first-order valence-corrected chi connectivity index (χ1v) is 11.4. The number of amides is 2. The second kappa shape index (κ2) is 14.2. The van der Waals surface area contributed by atoms with Crippen molar-refractivity contribution in [3.05, 3.63) is 54.1 Å².